The highest BCUT2D eigenvalue weighted by Gasteiger charge is 2.23. The minimum absolute atomic E-state index is 0.0355. The molecule has 1 N–H and O–H groups in total. The van der Waals surface area contributed by atoms with Crippen LogP contribution in [-0.2, 0) is 16.0 Å². The summed E-state index contributed by atoms with van der Waals surface area (Å²) in [6, 6.07) is 13.3. The lowest BCUT2D eigenvalue weighted by molar-refractivity contribution is -0.133. The SMILES string of the molecule is Cc1cccc(NC(=O)CN2CCN(C(=O)CCc3ncc(-c4ccccc4Cl)o3)CC2)c1C. The zero-order valence-corrected chi connectivity index (χ0v) is 20.3. The Morgan fingerprint density at radius 2 is 1.82 bits per heavy atom. The molecule has 1 fully saturated rings. The molecular formula is C26H29ClN4O3. The Hall–Kier alpha value is -3.16. The Labute approximate surface area is 204 Å². The summed E-state index contributed by atoms with van der Waals surface area (Å²) in [6.07, 6.45) is 2.40. The quantitative estimate of drug-likeness (QED) is 0.544. The maximum Gasteiger partial charge on any atom is 0.238 e. The van der Waals surface area contributed by atoms with E-state index in [2.05, 4.69) is 15.2 Å². The van der Waals surface area contributed by atoms with Gasteiger partial charge in [-0.25, -0.2) is 4.98 Å². The van der Waals surface area contributed by atoms with Gasteiger partial charge in [0.1, 0.15) is 0 Å². The minimum atomic E-state index is -0.0355. The van der Waals surface area contributed by atoms with Crippen molar-refractivity contribution in [2.45, 2.75) is 26.7 Å². The summed E-state index contributed by atoms with van der Waals surface area (Å²) in [5.74, 6) is 1.15. The molecule has 2 aromatic carbocycles. The molecule has 2 amide bonds. The number of hydrogen-bond acceptors (Lipinski definition) is 5. The van der Waals surface area contributed by atoms with Crippen LogP contribution in [0.3, 0.4) is 0 Å². The number of nitrogens with zero attached hydrogens (tertiary/aromatic N) is 3. The molecule has 0 aliphatic carbocycles. The molecule has 1 aliphatic rings. The van der Waals surface area contributed by atoms with E-state index in [1.165, 1.54) is 0 Å². The van der Waals surface area contributed by atoms with Gasteiger partial charge in [-0.2, -0.15) is 0 Å². The summed E-state index contributed by atoms with van der Waals surface area (Å²) >= 11 is 6.22. The van der Waals surface area contributed by atoms with Gasteiger partial charge in [-0.3, -0.25) is 14.5 Å². The molecule has 7 nitrogen and oxygen atoms in total. The van der Waals surface area contributed by atoms with E-state index >= 15 is 0 Å². The number of carbonyl (C=O) groups is 2. The number of amides is 2. The molecule has 8 heteroatoms. The van der Waals surface area contributed by atoms with E-state index in [1.807, 2.05) is 55.1 Å². The number of aromatic nitrogens is 1. The summed E-state index contributed by atoms with van der Waals surface area (Å²) in [4.78, 5) is 33.4. The number of oxazole rings is 1. The van der Waals surface area contributed by atoms with E-state index in [0.29, 0.717) is 62.2 Å². The van der Waals surface area contributed by atoms with Gasteiger partial charge in [-0.15, -0.1) is 0 Å². The lowest BCUT2D eigenvalue weighted by Crippen LogP contribution is -2.50. The van der Waals surface area contributed by atoms with E-state index < -0.39 is 0 Å². The summed E-state index contributed by atoms with van der Waals surface area (Å²) in [5, 5.41) is 3.60. The van der Waals surface area contributed by atoms with Crippen LogP contribution in [0.25, 0.3) is 11.3 Å². The largest absolute Gasteiger partial charge is 0.441 e. The number of nitrogens with one attached hydrogen (secondary N) is 1. The lowest BCUT2D eigenvalue weighted by Gasteiger charge is -2.34. The average Bonchev–Trinajstić information content (AvgIpc) is 3.30. The number of halogens is 1. The topological polar surface area (TPSA) is 78.7 Å². The Morgan fingerprint density at radius 3 is 2.59 bits per heavy atom. The van der Waals surface area contributed by atoms with Crippen LogP contribution < -0.4 is 5.32 Å². The molecule has 34 heavy (non-hydrogen) atoms. The van der Waals surface area contributed by atoms with Gasteiger partial charge < -0.3 is 14.6 Å². The first-order valence-electron chi connectivity index (χ1n) is 11.5. The molecule has 178 valence electrons. The number of aryl methyl sites for hydroxylation is 2. The highest BCUT2D eigenvalue weighted by molar-refractivity contribution is 6.33. The molecule has 0 spiro atoms. The minimum Gasteiger partial charge on any atom is -0.441 e. The van der Waals surface area contributed by atoms with E-state index in [0.717, 1.165) is 22.4 Å². The first-order chi connectivity index (χ1) is 16.4. The van der Waals surface area contributed by atoms with Crippen LogP contribution in [0.5, 0.6) is 0 Å². The van der Waals surface area contributed by atoms with Crippen molar-refractivity contribution in [1.82, 2.24) is 14.8 Å². The van der Waals surface area contributed by atoms with Crippen molar-refractivity contribution >= 4 is 29.1 Å². The Morgan fingerprint density at radius 1 is 1.06 bits per heavy atom. The highest BCUT2D eigenvalue weighted by atomic mass is 35.5. The number of rotatable bonds is 7. The molecule has 0 unspecified atom stereocenters. The molecule has 0 atom stereocenters. The summed E-state index contributed by atoms with van der Waals surface area (Å²) in [6.45, 7) is 6.89. The Bertz CT molecular complexity index is 1170. The van der Waals surface area contributed by atoms with Gasteiger partial charge in [-0.1, -0.05) is 35.9 Å². The van der Waals surface area contributed by atoms with Crippen molar-refractivity contribution in [2.24, 2.45) is 0 Å². The smallest absolute Gasteiger partial charge is 0.238 e. The highest BCUT2D eigenvalue weighted by Crippen LogP contribution is 2.28. The van der Waals surface area contributed by atoms with Crippen LogP contribution in [0, 0.1) is 13.8 Å². The number of piperazine rings is 1. The third-order valence-corrected chi connectivity index (χ3v) is 6.55. The van der Waals surface area contributed by atoms with Crippen molar-refractivity contribution < 1.29 is 14.0 Å². The third-order valence-electron chi connectivity index (χ3n) is 6.22. The second-order valence-electron chi connectivity index (χ2n) is 8.55. The van der Waals surface area contributed by atoms with Crippen molar-refractivity contribution in [3.05, 3.63) is 70.7 Å². The zero-order valence-electron chi connectivity index (χ0n) is 19.5. The molecule has 2 heterocycles. The summed E-state index contributed by atoms with van der Waals surface area (Å²) in [7, 11) is 0. The van der Waals surface area contributed by atoms with Crippen LogP contribution in [0.4, 0.5) is 5.69 Å². The predicted octanol–water partition coefficient (Wildman–Crippen LogP) is 4.33. The lowest BCUT2D eigenvalue weighted by atomic mass is 10.1. The van der Waals surface area contributed by atoms with Gasteiger partial charge >= 0.3 is 0 Å². The second-order valence-corrected chi connectivity index (χ2v) is 8.96. The normalized spacial score (nSPS) is 14.3. The van der Waals surface area contributed by atoms with Crippen LogP contribution in [0.15, 0.2) is 53.1 Å². The van der Waals surface area contributed by atoms with Crippen LogP contribution in [0.1, 0.15) is 23.4 Å². The number of carbonyl (C=O) groups excluding carboxylic acids is 2. The molecule has 0 radical (unpaired) electrons. The van der Waals surface area contributed by atoms with Gasteiger partial charge in [0, 0.05) is 50.3 Å². The predicted molar refractivity (Wildman–Crippen MR) is 133 cm³/mol. The average molecular weight is 481 g/mol. The van der Waals surface area contributed by atoms with Crippen molar-refractivity contribution in [3.63, 3.8) is 0 Å². The van der Waals surface area contributed by atoms with Crippen molar-refractivity contribution in [3.8, 4) is 11.3 Å². The van der Waals surface area contributed by atoms with Crippen molar-refractivity contribution in [1.29, 1.82) is 0 Å². The first-order valence-corrected chi connectivity index (χ1v) is 11.8. The standard InChI is InChI=1S/C26H29ClN4O3/c1-18-6-5-9-22(19(18)2)29-24(32)17-30-12-14-31(15-13-30)26(33)11-10-25-28-16-23(34-25)20-7-3-4-8-21(20)27/h3-9,16H,10-15,17H2,1-2H3,(H,29,32). The van der Waals surface area contributed by atoms with Crippen LogP contribution >= 0.6 is 11.6 Å². The molecule has 1 aliphatic heterocycles. The number of anilines is 1. The van der Waals surface area contributed by atoms with Gasteiger partial charge in [0.15, 0.2) is 11.7 Å². The van der Waals surface area contributed by atoms with E-state index in [9.17, 15) is 9.59 Å². The first kappa shape index (κ1) is 24.0. The second kappa shape index (κ2) is 10.8. The molecule has 3 aromatic rings. The molecule has 0 saturated carbocycles. The van der Waals surface area contributed by atoms with E-state index in [4.69, 9.17) is 16.0 Å². The fourth-order valence-electron chi connectivity index (χ4n) is 4.02. The number of benzene rings is 2. The number of hydrogen-bond donors (Lipinski definition) is 1. The summed E-state index contributed by atoms with van der Waals surface area (Å²) in [5.41, 5.74) is 3.86. The monoisotopic (exact) mass is 480 g/mol. The van der Waals surface area contributed by atoms with Crippen molar-refractivity contribution in [2.75, 3.05) is 38.0 Å². The van der Waals surface area contributed by atoms with Gasteiger partial charge in [0.2, 0.25) is 11.8 Å². The fraction of sp³-hybridized carbons (Fsp3) is 0.346. The van der Waals surface area contributed by atoms with Crippen LogP contribution in [0.2, 0.25) is 5.02 Å². The van der Waals surface area contributed by atoms with Crippen LogP contribution in [-0.4, -0.2) is 59.3 Å². The third kappa shape index (κ3) is 5.85. The van der Waals surface area contributed by atoms with E-state index in [-0.39, 0.29) is 11.8 Å². The fourth-order valence-corrected chi connectivity index (χ4v) is 4.25. The molecule has 1 saturated heterocycles. The Kier molecular flexibility index (Phi) is 7.65. The van der Waals surface area contributed by atoms with Gasteiger partial charge in [0.25, 0.3) is 0 Å². The van der Waals surface area contributed by atoms with Gasteiger partial charge in [0.05, 0.1) is 17.8 Å². The Balaban J connectivity index is 1.21. The molecule has 4 rings (SSSR count). The maximum atomic E-state index is 12.7. The van der Waals surface area contributed by atoms with E-state index in [1.54, 1.807) is 12.3 Å². The molecule has 1 aromatic heterocycles. The maximum absolute atomic E-state index is 12.7. The van der Waals surface area contributed by atoms with Gasteiger partial charge in [-0.05, 0) is 43.2 Å². The molecular weight excluding hydrogens is 452 g/mol. The summed E-state index contributed by atoms with van der Waals surface area (Å²) < 4.78 is 5.79. The molecule has 0 bridgehead atoms. The zero-order chi connectivity index (χ0) is 24.1.